The molecule has 0 unspecified atom stereocenters. The lowest BCUT2D eigenvalue weighted by atomic mass is 10.0. The minimum absolute atomic E-state index is 0.00890. The van der Waals surface area contributed by atoms with Crippen molar-refractivity contribution < 1.29 is 17.7 Å². The molecule has 0 saturated carbocycles. The van der Waals surface area contributed by atoms with Gasteiger partial charge in [-0.1, -0.05) is 43.6 Å². The number of fused-ring (bicyclic) bond motifs is 1. The highest BCUT2D eigenvalue weighted by Crippen LogP contribution is 2.37. The van der Waals surface area contributed by atoms with Crippen LogP contribution in [0.25, 0.3) is 22.2 Å². The first-order chi connectivity index (χ1) is 22.1. The van der Waals surface area contributed by atoms with E-state index in [4.69, 9.17) is 16.3 Å². The summed E-state index contributed by atoms with van der Waals surface area (Å²) >= 11 is 6.51. The molecule has 248 valence electrons. The SMILES string of the molecule is CC.CC(C)Oc1cc(Nc2ncc(Cl)c(-c3cn(S(=O)(=O)O)c4ccccc34)n2)ccc1N1CCC(N2CCN(C)CC2)CC1. The number of aromatic nitrogens is 3. The second-order valence-corrected chi connectivity index (χ2v) is 13.5. The molecule has 2 aromatic carbocycles. The Morgan fingerprint density at radius 1 is 1.02 bits per heavy atom. The van der Waals surface area contributed by atoms with Gasteiger partial charge in [0.2, 0.25) is 5.95 Å². The molecular formula is C33H44ClN7O4S. The molecule has 46 heavy (non-hydrogen) atoms. The summed E-state index contributed by atoms with van der Waals surface area (Å²) in [4.78, 5) is 16.5. The molecule has 4 aromatic rings. The Balaban J connectivity index is 0.00000204. The normalized spacial score (nSPS) is 16.8. The molecule has 11 nitrogen and oxygen atoms in total. The average molecular weight is 670 g/mol. The van der Waals surface area contributed by atoms with Crippen molar-refractivity contribution in [3.63, 3.8) is 0 Å². The van der Waals surface area contributed by atoms with Crippen molar-refractivity contribution in [2.75, 3.05) is 56.5 Å². The first kappa shape index (κ1) is 33.9. The molecule has 0 amide bonds. The van der Waals surface area contributed by atoms with E-state index in [1.54, 1.807) is 24.3 Å². The maximum atomic E-state index is 12.1. The lowest BCUT2D eigenvalue weighted by Gasteiger charge is -2.42. The van der Waals surface area contributed by atoms with Crippen LogP contribution in [0.5, 0.6) is 5.75 Å². The van der Waals surface area contributed by atoms with E-state index in [1.807, 2.05) is 39.8 Å². The summed E-state index contributed by atoms with van der Waals surface area (Å²) < 4.78 is 41.0. The van der Waals surface area contributed by atoms with E-state index in [-0.39, 0.29) is 17.1 Å². The summed E-state index contributed by atoms with van der Waals surface area (Å²) in [6.45, 7) is 14.5. The average Bonchev–Trinajstić information content (AvgIpc) is 3.44. The minimum atomic E-state index is -4.53. The smallest absolute Gasteiger partial charge is 0.363 e. The highest BCUT2D eigenvalue weighted by molar-refractivity contribution is 7.84. The van der Waals surface area contributed by atoms with Crippen LogP contribution in [0.4, 0.5) is 17.3 Å². The van der Waals surface area contributed by atoms with Crippen LogP contribution in [0.3, 0.4) is 0 Å². The molecule has 2 N–H and O–H groups in total. The van der Waals surface area contributed by atoms with Crippen molar-refractivity contribution in [1.29, 1.82) is 0 Å². The van der Waals surface area contributed by atoms with Gasteiger partial charge in [-0.25, -0.2) is 13.9 Å². The number of halogens is 1. The summed E-state index contributed by atoms with van der Waals surface area (Å²) in [5, 5.41) is 4.08. The highest BCUT2D eigenvalue weighted by atomic mass is 35.5. The molecule has 13 heteroatoms. The number of piperidine rings is 1. The van der Waals surface area contributed by atoms with Crippen molar-refractivity contribution >= 4 is 50.1 Å². The molecule has 0 aliphatic carbocycles. The Hall–Kier alpha value is -3.42. The fraction of sp³-hybridized carbons (Fsp3) is 0.455. The van der Waals surface area contributed by atoms with Crippen molar-refractivity contribution in [2.24, 2.45) is 0 Å². The number of likely N-dealkylation sites (N-methyl/N-ethyl adjacent to an activating group) is 1. The number of piperazine rings is 1. The number of para-hydroxylation sites is 1. The maximum Gasteiger partial charge on any atom is 0.363 e. The van der Waals surface area contributed by atoms with Gasteiger partial charge >= 0.3 is 10.3 Å². The summed E-state index contributed by atoms with van der Waals surface area (Å²) in [6.07, 6.45) is 5.02. The van der Waals surface area contributed by atoms with Gasteiger partial charge in [0.25, 0.3) is 0 Å². The first-order valence-electron chi connectivity index (χ1n) is 15.9. The van der Waals surface area contributed by atoms with Gasteiger partial charge in [-0.15, -0.1) is 0 Å². The topological polar surface area (TPSA) is 116 Å². The molecule has 0 radical (unpaired) electrons. The molecule has 2 aliphatic heterocycles. The van der Waals surface area contributed by atoms with Crippen LogP contribution >= 0.6 is 11.6 Å². The zero-order valence-corrected chi connectivity index (χ0v) is 28.7. The van der Waals surface area contributed by atoms with E-state index in [1.165, 1.54) is 12.4 Å². The predicted octanol–water partition coefficient (Wildman–Crippen LogP) is 6.18. The number of hydrogen-bond acceptors (Lipinski definition) is 9. The molecule has 0 atom stereocenters. The largest absolute Gasteiger partial charge is 0.489 e. The molecule has 0 spiro atoms. The molecule has 2 fully saturated rings. The predicted molar refractivity (Wildman–Crippen MR) is 186 cm³/mol. The van der Waals surface area contributed by atoms with Gasteiger partial charge in [-0.05, 0) is 51.9 Å². The Kier molecular flexibility index (Phi) is 10.7. The quantitative estimate of drug-likeness (QED) is 0.211. The Morgan fingerprint density at radius 2 is 1.72 bits per heavy atom. The number of anilines is 3. The lowest BCUT2D eigenvalue weighted by molar-refractivity contribution is 0.0981. The number of hydrogen-bond donors (Lipinski definition) is 2. The third-order valence-corrected chi connectivity index (χ3v) is 9.44. The number of ether oxygens (including phenoxy) is 1. The summed E-state index contributed by atoms with van der Waals surface area (Å²) in [5.74, 6) is 1.07. The zero-order chi connectivity index (χ0) is 33.0. The fourth-order valence-corrected chi connectivity index (χ4v) is 6.97. The zero-order valence-electron chi connectivity index (χ0n) is 27.1. The second kappa shape index (κ2) is 14.6. The van der Waals surface area contributed by atoms with Crippen molar-refractivity contribution in [3.05, 3.63) is 59.9 Å². The van der Waals surface area contributed by atoms with Crippen LogP contribution in [0, 0.1) is 0 Å². The first-order valence-corrected chi connectivity index (χ1v) is 17.7. The summed E-state index contributed by atoms with van der Waals surface area (Å²) in [6, 6.07) is 13.5. The Bertz CT molecular complexity index is 1750. The van der Waals surface area contributed by atoms with Gasteiger partial charge in [-0.2, -0.15) is 8.42 Å². The fourth-order valence-electron chi connectivity index (χ4n) is 6.14. The number of rotatable bonds is 8. The summed E-state index contributed by atoms with van der Waals surface area (Å²) in [5.41, 5.74) is 2.91. The number of nitrogens with zero attached hydrogens (tertiary/aromatic N) is 6. The van der Waals surface area contributed by atoms with E-state index in [9.17, 15) is 13.0 Å². The minimum Gasteiger partial charge on any atom is -0.489 e. The van der Waals surface area contributed by atoms with Gasteiger partial charge in [0.1, 0.15) is 5.75 Å². The monoisotopic (exact) mass is 669 g/mol. The third kappa shape index (κ3) is 7.58. The van der Waals surface area contributed by atoms with Crippen LogP contribution in [0.15, 0.2) is 54.9 Å². The number of benzene rings is 2. The molecule has 6 rings (SSSR count). The highest BCUT2D eigenvalue weighted by Gasteiger charge is 2.28. The van der Waals surface area contributed by atoms with E-state index in [0.29, 0.717) is 28.2 Å². The van der Waals surface area contributed by atoms with Gasteiger partial charge < -0.3 is 19.9 Å². The van der Waals surface area contributed by atoms with Crippen molar-refractivity contribution in [1.82, 2.24) is 23.7 Å². The van der Waals surface area contributed by atoms with Crippen LogP contribution in [0.1, 0.15) is 40.5 Å². The van der Waals surface area contributed by atoms with Crippen LogP contribution < -0.4 is 15.0 Å². The molecule has 0 bridgehead atoms. The van der Waals surface area contributed by atoms with Gasteiger partial charge in [-0.3, -0.25) is 9.45 Å². The molecule has 2 saturated heterocycles. The van der Waals surface area contributed by atoms with Crippen molar-refractivity contribution in [2.45, 2.75) is 52.7 Å². The molecular weight excluding hydrogens is 626 g/mol. The van der Waals surface area contributed by atoms with E-state index in [2.05, 4.69) is 43.1 Å². The third-order valence-electron chi connectivity index (χ3n) is 8.36. The van der Waals surface area contributed by atoms with E-state index < -0.39 is 10.3 Å². The molecule has 2 aromatic heterocycles. The summed E-state index contributed by atoms with van der Waals surface area (Å²) in [7, 11) is -2.34. The van der Waals surface area contributed by atoms with Crippen molar-refractivity contribution in [3.8, 4) is 17.0 Å². The molecule has 2 aliphatic rings. The second-order valence-electron chi connectivity index (χ2n) is 11.8. The van der Waals surface area contributed by atoms with Crippen LogP contribution in [-0.2, 0) is 10.3 Å². The van der Waals surface area contributed by atoms with Crippen LogP contribution in [0.2, 0.25) is 5.02 Å². The van der Waals surface area contributed by atoms with Gasteiger partial charge in [0.15, 0.2) is 0 Å². The molecule has 4 heterocycles. The van der Waals surface area contributed by atoms with Gasteiger partial charge in [0, 0.05) is 74.2 Å². The lowest BCUT2D eigenvalue weighted by Crippen LogP contribution is -2.52. The van der Waals surface area contributed by atoms with Gasteiger partial charge in [0.05, 0.1) is 34.2 Å². The van der Waals surface area contributed by atoms with Crippen LogP contribution in [-0.4, -0.2) is 95.2 Å². The number of nitrogens with one attached hydrogen (secondary N) is 1. The maximum absolute atomic E-state index is 12.1. The Morgan fingerprint density at radius 3 is 2.39 bits per heavy atom. The van der Waals surface area contributed by atoms with E-state index in [0.717, 1.165) is 73.2 Å². The Labute approximate surface area is 277 Å². The van der Waals surface area contributed by atoms with E-state index >= 15 is 0 Å². The standard InChI is InChI=1S/C31H38ClN7O4S.C2H6/c1-21(2)43-29-18-22(8-9-28(29)38-12-10-23(11-13-38)37-16-14-36(3)15-17-37)34-31-33-19-26(32)30(35-31)25-20-39(44(40,41)42)27-7-5-4-6-24(25)27;1-2/h4-9,18-21,23H,10-17H2,1-3H3,(H,33,34,35)(H,40,41,42);1-2H3.